The van der Waals surface area contributed by atoms with Crippen molar-refractivity contribution < 1.29 is 14.3 Å². The summed E-state index contributed by atoms with van der Waals surface area (Å²) in [5.41, 5.74) is 2.42. The zero-order chi connectivity index (χ0) is 20.1. The molecule has 150 valence electrons. The van der Waals surface area contributed by atoms with Crippen molar-refractivity contribution >= 4 is 17.6 Å². The minimum atomic E-state index is -0.323. The molecule has 0 N–H and O–H groups in total. The van der Waals surface area contributed by atoms with Gasteiger partial charge in [-0.15, -0.1) is 0 Å². The van der Waals surface area contributed by atoms with E-state index in [0.717, 1.165) is 37.1 Å². The fourth-order valence-corrected chi connectivity index (χ4v) is 3.84. The molecule has 0 bridgehead atoms. The SMILES string of the molecule is CCCN(C)c1ccc(C(=O)N2CCC(n3cccc3C(=O)OC)CC2)cc1. The quantitative estimate of drug-likeness (QED) is 0.715. The van der Waals surface area contributed by atoms with Crippen molar-refractivity contribution in [2.45, 2.75) is 32.2 Å². The first kappa shape index (κ1) is 20.0. The smallest absolute Gasteiger partial charge is 0.354 e. The topological polar surface area (TPSA) is 54.8 Å². The molecular formula is C22H29N3O3. The highest BCUT2D eigenvalue weighted by Gasteiger charge is 2.26. The van der Waals surface area contributed by atoms with Crippen LogP contribution in [0.3, 0.4) is 0 Å². The number of carbonyl (C=O) groups excluding carboxylic acids is 2. The van der Waals surface area contributed by atoms with Gasteiger partial charge in [-0.3, -0.25) is 4.79 Å². The van der Waals surface area contributed by atoms with E-state index in [-0.39, 0.29) is 17.9 Å². The number of hydrogen-bond acceptors (Lipinski definition) is 4. The lowest BCUT2D eigenvalue weighted by Crippen LogP contribution is -2.39. The minimum absolute atomic E-state index is 0.0730. The number of anilines is 1. The Bertz CT molecular complexity index is 805. The van der Waals surface area contributed by atoms with Crippen LogP contribution in [-0.2, 0) is 4.74 Å². The van der Waals surface area contributed by atoms with E-state index in [0.29, 0.717) is 18.8 Å². The molecule has 0 atom stereocenters. The summed E-state index contributed by atoms with van der Waals surface area (Å²) in [6.45, 7) is 4.51. The summed E-state index contributed by atoms with van der Waals surface area (Å²) in [6, 6.07) is 11.7. The fraction of sp³-hybridized carbons (Fsp3) is 0.455. The van der Waals surface area contributed by atoms with Gasteiger partial charge in [-0.25, -0.2) is 4.79 Å². The average Bonchev–Trinajstić information content (AvgIpc) is 3.23. The van der Waals surface area contributed by atoms with Crippen molar-refractivity contribution in [3.8, 4) is 0 Å². The summed E-state index contributed by atoms with van der Waals surface area (Å²) in [5, 5.41) is 0. The zero-order valence-electron chi connectivity index (χ0n) is 16.9. The van der Waals surface area contributed by atoms with Crippen LogP contribution in [0.4, 0.5) is 5.69 Å². The Balaban J connectivity index is 1.61. The van der Waals surface area contributed by atoms with Gasteiger partial charge in [0.25, 0.3) is 5.91 Å². The lowest BCUT2D eigenvalue weighted by atomic mass is 10.0. The molecule has 1 aliphatic heterocycles. The largest absolute Gasteiger partial charge is 0.464 e. The number of carbonyl (C=O) groups is 2. The predicted octanol–water partition coefficient (Wildman–Crippen LogP) is 3.60. The van der Waals surface area contributed by atoms with E-state index in [4.69, 9.17) is 4.74 Å². The molecule has 6 nitrogen and oxygen atoms in total. The number of methoxy groups -OCH3 is 1. The lowest BCUT2D eigenvalue weighted by Gasteiger charge is -2.33. The molecule has 2 heterocycles. The molecule has 3 rings (SSSR count). The Kier molecular flexibility index (Phi) is 6.39. The second-order valence-corrected chi connectivity index (χ2v) is 7.28. The maximum absolute atomic E-state index is 12.9. The molecule has 0 aliphatic carbocycles. The number of aromatic nitrogens is 1. The van der Waals surface area contributed by atoms with Gasteiger partial charge < -0.3 is 19.1 Å². The van der Waals surface area contributed by atoms with Gasteiger partial charge in [0.2, 0.25) is 0 Å². The molecule has 0 saturated carbocycles. The number of nitrogens with zero attached hydrogens (tertiary/aromatic N) is 3. The molecule has 0 radical (unpaired) electrons. The van der Waals surface area contributed by atoms with Crippen molar-refractivity contribution in [1.82, 2.24) is 9.47 Å². The van der Waals surface area contributed by atoms with Crippen molar-refractivity contribution in [3.05, 3.63) is 53.9 Å². The molecule has 6 heteroatoms. The van der Waals surface area contributed by atoms with E-state index in [2.05, 4.69) is 18.9 Å². The molecule has 1 aliphatic rings. The average molecular weight is 383 g/mol. The van der Waals surface area contributed by atoms with Crippen LogP contribution in [0, 0.1) is 0 Å². The zero-order valence-corrected chi connectivity index (χ0v) is 16.9. The minimum Gasteiger partial charge on any atom is -0.464 e. The van der Waals surface area contributed by atoms with Gasteiger partial charge in [-0.05, 0) is 55.7 Å². The highest BCUT2D eigenvalue weighted by Crippen LogP contribution is 2.26. The van der Waals surface area contributed by atoms with Gasteiger partial charge in [0.15, 0.2) is 0 Å². The van der Waals surface area contributed by atoms with Gasteiger partial charge in [0.1, 0.15) is 5.69 Å². The van der Waals surface area contributed by atoms with Crippen LogP contribution in [-0.4, -0.2) is 55.1 Å². The molecule has 1 saturated heterocycles. The van der Waals surface area contributed by atoms with Gasteiger partial charge in [-0.2, -0.15) is 0 Å². The maximum atomic E-state index is 12.9. The van der Waals surface area contributed by atoms with Crippen molar-refractivity contribution in [2.75, 3.05) is 38.7 Å². The molecule has 0 spiro atoms. The number of rotatable bonds is 6. The third kappa shape index (κ3) is 4.21. The van der Waals surface area contributed by atoms with Crippen LogP contribution in [0.1, 0.15) is 53.1 Å². The highest BCUT2D eigenvalue weighted by atomic mass is 16.5. The summed E-state index contributed by atoms with van der Waals surface area (Å²) in [5.74, 6) is -0.250. The second kappa shape index (κ2) is 8.95. The third-order valence-corrected chi connectivity index (χ3v) is 5.43. The Morgan fingerprint density at radius 3 is 2.43 bits per heavy atom. The second-order valence-electron chi connectivity index (χ2n) is 7.28. The maximum Gasteiger partial charge on any atom is 0.354 e. The molecule has 0 unspecified atom stereocenters. The van der Waals surface area contributed by atoms with Gasteiger partial charge in [-0.1, -0.05) is 6.92 Å². The number of benzene rings is 1. The molecule has 1 aromatic heterocycles. The number of amides is 1. The van der Waals surface area contributed by atoms with Crippen molar-refractivity contribution in [2.24, 2.45) is 0 Å². The molecular weight excluding hydrogens is 354 g/mol. The van der Waals surface area contributed by atoms with Crippen molar-refractivity contribution in [3.63, 3.8) is 0 Å². The summed E-state index contributed by atoms with van der Waals surface area (Å²) in [7, 11) is 3.46. The van der Waals surface area contributed by atoms with Gasteiger partial charge in [0, 0.05) is 50.2 Å². The number of piperidine rings is 1. The Hall–Kier alpha value is -2.76. The fourth-order valence-electron chi connectivity index (χ4n) is 3.84. The van der Waals surface area contributed by atoms with Crippen LogP contribution in [0.2, 0.25) is 0 Å². The first-order valence-electron chi connectivity index (χ1n) is 9.90. The molecule has 2 aromatic rings. The van der Waals surface area contributed by atoms with E-state index in [9.17, 15) is 9.59 Å². The van der Waals surface area contributed by atoms with E-state index >= 15 is 0 Å². The van der Waals surface area contributed by atoms with E-state index in [1.165, 1.54) is 7.11 Å². The number of esters is 1. The third-order valence-electron chi connectivity index (χ3n) is 5.43. The Morgan fingerprint density at radius 2 is 1.82 bits per heavy atom. The molecule has 1 aromatic carbocycles. The lowest BCUT2D eigenvalue weighted by molar-refractivity contribution is 0.0573. The Morgan fingerprint density at radius 1 is 1.14 bits per heavy atom. The number of likely N-dealkylation sites (tertiary alicyclic amines) is 1. The van der Waals surface area contributed by atoms with Gasteiger partial charge in [0.05, 0.1) is 7.11 Å². The Labute approximate surface area is 166 Å². The van der Waals surface area contributed by atoms with E-state index in [1.807, 2.05) is 46.0 Å². The predicted molar refractivity (Wildman–Crippen MR) is 110 cm³/mol. The summed E-state index contributed by atoms with van der Waals surface area (Å²) in [4.78, 5) is 28.8. The molecule has 1 fully saturated rings. The van der Waals surface area contributed by atoms with Crippen molar-refractivity contribution in [1.29, 1.82) is 0 Å². The van der Waals surface area contributed by atoms with Crippen LogP contribution in [0.25, 0.3) is 0 Å². The number of ether oxygens (including phenoxy) is 1. The van der Waals surface area contributed by atoms with Crippen LogP contribution < -0.4 is 4.90 Å². The highest BCUT2D eigenvalue weighted by molar-refractivity contribution is 5.94. The first-order valence-corrected chi connectivity index (χ1v) is 9.90. The summed E-state index contributed by atoms with van der Waals surface area (Å²) < 4.78 is 6.84. The normalized spacial score (nSPS) is 14.8. The summed E-state index contributed by atoms with van der Waals surface area (Å²) in [6.07, 6.45) is 4.65. The van der Waals surface area contributed by atoms with Crippen LogP contribution >= 0.6 is 0 Å². The first-order chi connectivity index (χ1) is 13.5. The van der Waals surface area contributed by atoms with Crippen LogP contribution in [0.5, 0.6) is 0 Å². The van der Waals surface area contributed by atoms with Gasteiger partial charge >= 0.3 is 5.97 Å². The molecule has 1 amide bonds. The van der Waals surface area contributed by atoms with E-state index < -0.39 is 0 Å². The standard InChI is InChI=1S/C22H29N3O3/c1-4-13-23(2)18-9-7-17(8-10-18)21(26)24-15-11-19(12-16-24)25-14-5-6-20(25)22(27)28-3/h5-10,14,19H,4,11-13,15-16H2,1-3H3. The molecule has 28 heavy (non-hydrogen) atoms. The summed E-state index contributed by atoms with van der Waals surface area (Å²) >= 11 is 0. The van der Waals surface area contributed by atoms with E-state index in [1.54, 1.807) is 6.07 Å². The monoisotopic (exact) mass is 383 g/mol. The van der Waals surface area contributed by atoms with Crippen LogP contribution in [0.15, 0.2) is 42.6 Å². The number of hydrogen-bond donors (Lipinski definition) is 0.